The van der Waals surface area contributed by atoms with E-state index in [2.05, 4.69) is 52.8 Å². The molecule has 0 amide bonds. The summed E-state index contributed by atoms with van der Waals surface area (Å²) < 4.78 is 0. The molecular weight excluding hydrogens is 492 g/mol. The van der Waals surface area contributed by atoms with E-state index in [0.717, 1.165) is 34.8 Å². The van der Waals surface area contributed by atoms with Crippen molar-refractivity contribution in [2.75, 3.05) is 11.9 Å². The Kier molecular flexibility index (Phi) is 8.29. The Hall–Kier alpha value is -3.37. The van der Waals surface area contributed by atoms with Gasteiger partial charge in [0, 0.05) is 28.8 Å². The average molecular weight is 527 g/mol. The maximum absolute atomic E-state index is 11.4. The molecule has 0 aliphatic heterocycles. The summed E-state index contributed by atoms with van der Waals surface area (Å²) in [6.07, 6.45) is 7.69. The lowest BCUT2D eigenvalue weighted by atomic mass is 9.72. The number of carbonyl (C=O) groups is 1. The van der Waals surface area contributed by atoms with Crippen LogP contribution in [0.1, 0.15) is 61.1 Å². The van der Waals surface area contributed by atoms with Crippen molar-refractivity contribution in [3.63, 3.8) is 0 Å². The van der Waals surface area contributed by atoms with Gasteiger partial charge in [0.25, 0.3) is 0 Å². The summed E-state index contributed by atoms with van der Waals surface area (Å²) in [5, 5.41) is 15.0. The number of halogens is 1. The zero-order chi connectivity index (χ0) is 26.5. The zero-order valence-corrected chi connectivity index (χ0v) is 22.6. The van der Waals surface area contributed by atoms with Crippen LogP contribution >= 0.6 is 11.6 Å². The Bertz CT molecular complexity index is 1360. The highest BCUT2D eigenvalue weighted by Crippen LogP contribution is 2.41. The molecule has 1 aliphatic carbocycles. The van der Waals surface area contributed by atoms with Crippen LogP contribution in [-0.2, 0) is 11.2 Å². The van der Waals surface area contributed by atoms with Crippen LogP contribution in [-0.4, -0.2) is 22.6 Å². The lowest BCUT2D eigenvalue weighted by molar-refractivity contribution is -0.138. The number of pyridine rings is 1. The molecular formula is C33H35ClN2O2. The van der Waals surface area contributed by atoms with Crippen LogP contribution in [0.25, 0.3) is 10.9 Å². The smallest absolute Gasteiger partial charge is 0.310 e. The van der Waals surface area contributed by atoms with Gasteiger partial charge in [-0.15, -0.1) is 0 Å². The molecule has 3 aromatic carbocycles. The number of aromatic nitrogens is 1. The predicted octanol–water partition coefficient (Wildman–Crippen LogP) is 8.32. The fourth-order valence-corrected chi connectivity index (χ4v) is 6.11. The number of para-hydroxylation sites is 1. The number of benzene rings is 3. The predicted molar refractivity (Wildman–Crippen MR) is 156 cm³/mol. The van der Waals surface area contributed by atoms with Gasteiger partial charge in [-0.05, 0) is 110 Å². The molecule has 2 atom stereocenters. The second-order valence-electron chi connectivity index (χ2n) is 10.7. The normalized spacial score (nSPS) is 19.1. The van der Waals surface area contributed by atoms with Gasteiger partial charge in [0.1, 0.15) is 0 Å². The summed E-state index contributed by atoms with van der Waals surface area (Å²) in [6, 6.07) is 26.8. The van der Waals surface area contributed by atoms with Crippen LogP contribution in [0, 0.1) is 11.8 Å². The molecule has 196 valence electrons. The van der Waals surface area contributed by atoms with E-state index in [1.54, 1.807) is 6.92 Å². The highest BCUT2D eigenvalue weighted by Gasteiger charge is 2.29. The third-order valence-electron chi connectivity index (χ3n) is 8.32. The molecule has 0 spiro atoms. The molecule has 5 rings (SSSR count). The van der Waals surface area contributed by atoms with Gasteiger partial charge in [-0.1, -0.05) is 54.1 Å². The third-order valence-corrected chi connectivity index (χ3v) is 8.57. The maximum Gasteiger partial charge on any atom is 0.310 e. The minimum absolute atomic E-state index is 0.476. The molecule has 4 nitrogen and oxygen atoms in total. The van der Waals surface area contributed by atoms with Crippen LogP contribution < -0.4 is 5.32 Å². The maximum atomic E-state index is 11.4. The number of carboxylic acid groups (broad SMARTS) is 1. The molecule has 0 radical (unpaired) electrons. The Labute approximate surface area is 230 Å². The van der Waals surface area contributed by atoms with Gasteiger partial charge in [-0.3, -0.25) is 9.78 Å². The average Bonchev–Trinajstić information content (AvgIpc) is 2.96. The van der Waals surface area contributed by atoms with Gasteiger partial charge in [0.05, 0.1) is 11.4 Å². The molecule has 1 aromatic heterocycles. The first-order chi connectivity index (χ1) is 18.5. The fourth-order valence-electron chi connectivity index (χ4n) is 5.99. The van der Waals surface area contributed by atoms with Crippen molar-refractivity contribution in [2.45, 2.75) is 50.9 Å². The lowest BCUT2D eigenvalue weighted by Crippen LogP contribution is -2.28. The van der Waals surface area contributed by atoms with Crippen LogP contribution in [0.3, 0.4) is 0 Å². The van der Waals surface area contributed by atoms with Gasteiger partial charge >= 0.3 is 5.97 Å². The topological polar surface area (TPSA) is 62.2 Å². The van der Waals surface area contributed by atoms with Crippen molar-refractivity contribution in [1.29, 1.82) is 0 Å². The van der Waals surface area contributed by atoms with E-state index >= 15 is 0 Å². The van der Waals surface area contributed by atoms with Crippen LogP contribution in [0.4, 0.5) is 5.69 Å². The number of hydrogen-bond acceptors (Lipinski definition) is 3. The number of carboxylic acids is 1. The summed E-state index contributed by atoms with van der Waals surface area (Å²) in [6.45, 7) is 2.63. The summed E-state index contributed by atoms with van der Waals surface area (Å²) in [7, 11) is 0. The fraction of sp³-hybridized carbons (Fsp3) is 0.333. The van der Waals surface area contributed by atoms with E-state index in [1.807, 2.05) is 42.6 Å². The highest BCUT2D eigenvalue weighted by atomic mass is 35.5. The van der Waals surface area contributed by atoms with E-state index in [4.69, 9.17) is 11.6 Å². The molecule has 1 unspecified atom stereocenters. The Morgan fingerprint density at radius 1 is 0.974 bits per heavy atom. The standard InChI is InChI=1S/C33H35ClN2O2/c1-22(33(37)38)24-8-6-23(7-9-24)20-27(21-36-29-16-14-28(34)15-17-29)25-10-12-26(13-11-25)30-18-19-35-32-5-3-2-4-31(30)32/h2-9,14-19,22,25-27,36H,10-13,20-21H2,1H3,(H,37,38)/t22?,25?,26?,27-/m0/s1. The molecule has 1 aliphatic rings. The van der Waals surface area contributed by atoms with Crippen LogP contribution in [0.2, 0.25) is 5.02 Å². The number of nitrogens with one attached hydrogen (secondary N) is 1. The first kappa shape index (κ1) is 26.2. The van der Waals surface area contributed by atoms with Gasteiger partial charge < -0.3 is 10.4 Å². The second-order valence-corrected chi connectivity index (χ2v) is 11.1. The largest absolute Gasteiger partial charge is 0.481 e. The van der Waals surface area contributed by atoms with Gasteiger partial charge in [0.2, 0.25) is 0 Å². The molecule has 0 bridgehead atoms. The molecule has 1 heterocycles. The first-order valence-electron chi connectivity index (χ1n) is 13.6. The first-order valence-corrected chi connectivity index (χ1v) is 14.0. The van der Waals surface area contributed by atoms with E-state index in [-0.39, 0.29) is 0 Å². The van der Waals surface area contributed by atoms with Gasteiger partial charge in [-0.2, -0.15) is 0 Å². The Morgan fingerprint density at radius 2 is 1.68 bits per heavy atom. The number of hydrogen-bond donors (Lipinski definition) is 2. The van der Waals surface area contributed by atoms with E-state index in [0.29, 0.717) is 17.8 Å². The van der Waals surface area contributed by atoms with Crippen molar-refractivity contribution < 1.29 is 9.90 Å². The number of rotatable bonds is 9. The third kappa shape index (κ3) is 6.19. The number of fused-ring (bicyclic) bond motifs is 1. The van der Waals surface area contributed by atoms with Crippen molar-refractivity contribution in [3.8, 4) is 0 Å². The molecule has 38 heavy (non-hydrogen) atoms. The molecule has 4 aromatic rings. The Balaban J connectivity index is 1.30. The lowest BCUT2D eigenvalue weighted by Gasteiger charge is -2.35. The number of aliphatic carboxylic acids is 1. The van der Waals surface area contributed by atoms with Crippen LogP contribution in [0.15, 0.2) is 85.1 Å². The summed E-state index contributed by atoms with van der Waals surface area (Å²) >= 11 is 6.09. The summed E-state index contributed by atoms with van der Waals surface area (Å²) in [4.78, 5) is 16.0. The van der Waals surface area contributed by atoms with Crippen molar-refractivity contribution in [2.24, 2.45) is 11.8 Å². The van der Waals surface area contributed by atoms with Crippen molar-refractivity contribution in [3.05, 3.63) is 107 Å². The minimum Gasteiger partial charge on any atom is -0.481 e. The second kappa shape index (κ2) is 12.0. The van der Waals surface area contributed by atoms with Gasteiger partial charge in [-0.25, -0.2) is 0 Å². The quantitative estimate of drug-likeness (QED) is 0.230. The van der Waals surface area contributed by atoms with E-state index < -0.39 is 11.9 Å². The van der Waals surface area contributed by atoms with E-state index in [1.165, 1.54) is 42.2 Å². The van der Waals surface area contributed by atoms with Crippen molar-refractivity contribution in [1.82, 2.24) is 4.98 Å². The highest BCUT2D eigenvalue weighted by molar-refractivity contribution is 6.30. The number of anilines is 1. The summed E-state index contributed by atoms with van der Waals surface area (Å²) in [5.74, 6) is 0.383. The monoisotopic (exact) mass is 526 g/mol. The molecule has 2 N–H and O–H groups in total. The molecule has 5 heteroatoms. The SMILES string of the molecule is CC(C(=O)O)c1ccc(C[C@@H](CNc2ccc(Cl)cc2)C2CCC(c3ccnc4ccccc34)CC2)cc1. The zero-order valence-electron chi connectivity index (χ0n) is 21.8. The number of nitrogens with zero attached hydrogens (tertiary/aromatic N) is 1. The van der Waals surface area contributed by atoms with Crippen LogP contribution in [0.5, 0.6) is 0 Å². The summed E-state index contributed by atoms with van der Waals surface area (Å²) in [5.41, 5.74) is 5.71. The molecule has 1 fully saturated rings. The van der Waals surface area contributed by atoms with Crippen molar-refractivity contribution >= 4 is 34.2 Å². The Morgan fingerprint density at radius 3 is 2.39 bits per heavy atom. The van der Waals surface area contributed by atoms with Gasteiger partial charge in [0.15, 0.2) is 0 Å². The van der Waals surface area contributed by atoms with E-state index in [9.17, 15) is 9.90 Å². The molecule has 0 saturated heterocycles. The molecule has 1 saturated carbocycles. The minimum atomic E-state index is -0.790.